The van der Waals surface area contributed by atoms with Gasteiger partial charge in [0.05, 0.1) is 25.3 Å². The quantitative estimate of drug-likeness (QED) is 0.614. The molecule has 0 saturated carbocycles. The molecule has 1 aliphatic heterocycles. The fourth-order valence-corrected chi connectivity index (χ4v) is 3.34. The predicted octanol–water partition coefficient (Wildman–Crippen LogP) is 2.33. The summed E-state index contributed by atoms with van der Waals surface area (Å²) in [7, 11) is 1.44. The molecule has 2 N–H and O–H groups in total. The lowest BCUT2D eigenvalue weighted by Gasteiger charge is -2.17. The lowest BCUT2D eigenvalue weighted by Crippen LogP contribution is -2.43. The molecule has 2 aromatic rings. The van der Waals surface area contributed by atoms with E-state index >= 15 is 0 Å². The van der Waals surface area contributed by atoms with E-state index in [1.54, 1.807) is 30.3 Å². The van der Waals surface area contributed by atoms with Crippen LogP contribution in [0.1, 0.15) is 22.3 Å². The van der Waals surface area contributed by atoms with Crippen molar-refractivity contribution < 1.29 is 28.7 Å². The topological polar surface area (TPSA) is 114 Å². The van der Waals surface area contributed by atoms with Crippen molar-refractivity contribution in [2.24, 2.45) is 5.92 Å². The zero-order chi connectivity index (χ0) is 23.3. The van der Waals surface area contributed by atoms with Gasteiger partial charge in [-0.3, -0.25) is 29.6 Å². The third kappa shape index (κ3) is 5.76. The van der Waals surface area contributed by atoms with E-state index in [4.69, 9.17) is 21.1 Å². The van der Waals surface area contributed by atoms with Gasteiger partial charge in [0.25, 0.3) is 11.8 Å². The number of esters is 1. The minimum Gasteiger partial charge on any atom is -0.495 e. The zero-order valence-electron chi connectivity index (χ0n) is 17.5. The molecule has 0 aromatic heterocycles. The fourth-order valence-electron chi connectivity index (χ4n) is 3.17. The molecule has 168 valence electrons. The van der Waals surface area contributed by atoms with E-state index in [1.807, 2.05) is 13.0 Å². The molecule has 1 aliphatic rings. The van der Waals surface area contributed by atoms with Gasteiger partial charge in [-0.05, 0) is 37.3 Å². The molecule has 1 saturated heterocycles. The second-order valence-corrected chi connectivity index (χ2v) is 7.65. The Morgan fingerprint density at radius 1 is 1.19 bits per heavy atom. The van der Waals surface area contributed by atoms with Crippen molar-refractivity contribution in [2.75, 3.05) is 25.6 Å². The number of anilines is 1. The summed E-state index contributed by atoms with van der Waals surface area (Å²) in [6.07, 6.45) is -0.128. The number of hydrogen-bond acceptors (Lipinski definition) is 6. The fraction of sp³-hybridized carbons (Fsp3) is 0.273. The first-order valence-corrected chi connectivity index (χ1v) is 10.1. The van der Waals surface area contributed by atoms with Crippen LogP contribution in [0.4, 0.5) is 5.69 Å². The van der Waals surface area contributed by atoms with Crippen LogP contribution < -0.4 is 15.5 Å². The van der Waals surface area contributed by atoms with Crippen molar-refractivity contribution in [3.8, 4) is 5.75 Å². The van der Waals surface area contributed by atoms with Crippen molar-refractivity contribution in [3.05, 3.63) is 58.6 Å². The predicted molar refractivity (Wildman–Crippen MR) is 116 cm³/mol. The number of nitrogens with one attached hydrogen (secondary N) is 2. The van der Waals surface area contributed by atoms with E-state index in [-0.39, 0.29) is 13.0 Å². The molecule has 0 bridgehead atoms. The Kier molecular flexibility index (Phi) is 7.32. The number of amides is 3. The number of aryl methyl sites for hydroxylation is 1. The number of hydrogen-bond donors (Lipinski definition) is 2. The molecule has 9 nitrogen and oxygen atoms in total. The van der Waals surface area contributed by atoms with E-state index in [0.29, 0.717) is 22.0 Å². The number of rotatable bonds is 7. The Morgan fingerprint density at radius 3 is 2.69 bits per heavy atom. The molecule has 1 atom stereocenters. The summed E-state index contributed by atoms with van der Waals surface area (Å²) in [5, 5.41) is 4.04. The molecule has 0 spiro atoms. The SMILES string of the molecule is COc1ccc(Cl)cc1NC(=O)COC(=O)[C@@H]1CC(=O)N(NC(=O)c2cccc(C)c2)C1. The number of halogens is 1. The molecule has 0 aliphatic carbocycles. The molecule has 2 aromatic carbocycles. The van der Waals surface area contributed by atoms with E-state index in [0.717, 1.165) is 10.6 Å². The van der Waals surface area contributed by atoms with Gasteiger partial charge in [0.2, 0.25) is 5.91 Å². The Morgan fingerprint density at radius 2 is 1.97 bits per heavy atom. The molecule has 3 rings (SSSR count). The first-order chi connectivity index (χ1) is 15.3. The van der Waals surface area contributed by atoms with Crippen molar-refractivity contribution in [2.45, 2.75) is 13.3 Å². The van der Waals surface area contributed by atoms with E-state index in [1.165, 1.54) is 13.2 Å². The summed E-state index contributed by atoms with van der Waals surface area (Å²) in [6.45, 7) is 1.26. The van der Waals surface area contributed by atoms with Crippen LogP contribution in [0.5, 0.6) is 5.75 Å². The Labute approximate surface area is 189 Å². The summed E-state index contributed by atoms with van der Waals surface area (Å²) in [5.41, 5.74) is 4.14. The van der Waals surface area contributed by atoms with Crippen LogP contribution in [0.25, 0.3) is 0 Å². The molecule has 1 fully saturated rings. The van der Waals surface area contributed by atoms with Crippen LogP contribution in [0.3, 0.4) is 0 Å². The number of carbonyl (C=O) groups is 4. The van der Waals surface area contributed by atoms with Gasteiger partial charge in [-0.2, -0.15) is 0 Å². The highest BCUT2D eigenvalue weighted by Crippen LogP contribution is 2.27. The second-order valence-electron chi connectivity index (χ2n) is 7.22. The zero-order valence-corrected chi connectivity index (χ0v) is 18.3. The lowest BCUT2D eigenvalue weighted by atomic mass is 10.1. The van der Waals surface area contributed by atoms with Gasteiger partial charge in [-0.1, -0.05) is 29.3 Å². The highest BCUT2D eigenvalue weighted by atomic mass is 35.5. The van der Waals surface area contributed by atoms with Gasteiger partial charge >= 0.3 is 5.97 Å². The van der Waals surface area contributed by atoms with Gasteiger partial charge in [0, 0.05) is 17.0 Å². The van der Waals surface area contributed by atoms with Crippen LogP contribution in [-0.4, -0.2) is 49.0 Å². The van der Waals surface area contributed by atoms with Crippen LogP contribution >= 0.6 is 11.6 Å². The number of benzene rings is 2. The summed E-state index contributed by atoms with van der Waals surface area (Å²) in [6, 6.07) is 11.6. The third-order valence-corrected chi connectivity index (χ3v) is 4.99. The standard InChI is InChI=1S/C22H22ClN3O6/c1-13-4-3-5-14(8-13)21(29)25-26-11-15(9-20(26)28)22(30)32-12-19(27)24-17-10-16(23)6-7-18(17)31-2/h3-8,10,15H,9,11-12H2,1-2H3,(H,24,27)(H,25,29)/t15-/m1/s1. The average molecular weight is 460 g/mol. The average Bonchev–Trinajstić information content (AvgIpc) is 3.12. The van der Waals surface area contributed by atoms with Gasteiger partial charge in [-0.25, -0.2) is 0 Å². The van der Waals surface area contributed by atoms with Gasteiger partial charge in [0.15, 0.2) is 6.61 Å². The second kappa shape index (κ2) is 10.1. The highest BCUT2D eigenvalue weighted by Gasteiger charge is 2.36. The number of nitrogens with zero attached hydrogens (tertiary/aromatic N) is 1. The highest BCUT2D eigenvalue weighted by molar-refractivity contribution is 6.31. The van der Waals surface area contributed by atoms with E-state index in [2.05, 4.69) is 10.7 Å². The maximum Gasteiger partial charge on any atom is 0.311 e. The van der Waals surface area contributed by atoms with Gasteiger partial charge < -0.3 is 14.8 Å². The molecule has 10 heteroatoms. The molecule has 0 radical (unpaired) electrons. The van der Waals surface area contributed by atoms with E-state index < -0.39 is 36.2 Å². The third-order valence-electron chi connectivity index (χ3n) is 4.76. The smallest absolute Gasteiger partial charge is 0.311 e. The normalized spacial score (nSPS) is 15.3. The molecule has 0 unspecified atom stereocenters. The first kappa shape index (κ1) is 23.1. The molecule has 32 heavy (non-hydrogen) atoms. The Bertz CT molecular complexity index is 1060. The molecule has 3 amide bonds. The maximum atomic E-state index is 12.3. The van der Waals surface area contributed by atoms with E-state index in [9.17, 15) is 19.2 Å². The monoisotopic (exact) mass is 459 g/mol. The summed E-state index contributed by atoms with van der Waals surface area (Å²) in [5.74, 6) is -2.57. The minimum absolute atomic E-state index is 0.0427. The molecule has 1 heterocycles. The summed E-state index contributed by atoms with van der Waals surface area (Å²) in [4.78, 5) is 49.0. The Hall–Kier alpha value is -3.59. The lowest BCUT2D eigenvalue weighted by molar-refractivity contribution is -0.151. The number of hydrazine groups is 1. The molecular formula is C22H22ClN3O6. The van der Waals surface area contributed by atoms with Crippen LogP contribution in [-0.2, 0) is 19.1 Å². The van der Waals surface area contributed by atoms with Crippen molar-refractivity contribution in [3.63, 3.8) is 0 Å². The summed E-state index contributed by atoms with van der Waals surface area (Å²) >= 11 is 5.92. The van der Waals surface area contributed by atoms with Gasteiger partial charge in [-0.15, -0.1) is 0 Å². The maximum absolute atomic E-state index is 12.3. The van der Waals surface area contributed by atoms with Crippen LogP contribution in [0.15, 0.2) is 42.5 Å². The number of ether oxygens (including phenoxy) is 2. The largest absolute Gasteiger partial charge is 0.495 e. The summed E-state index contributed by atoms with van der Waals surface area (Å²) < 4.78 is 10.2. The Balaban J connectivity index is 1.51. The van der Waals surface area contributed by atoms with Crippen LogP contribution in [0, 0.1) is 12.8 Å². The van der Waals surface area contributed by atoms with Crippen molar-refractivity contribution in [1.29, 1.82) is 0 Å². The first-order valence-electron chi connectivity index (χ1n) is 9.75. The number of carbonyl (C=O) groups excluding carboxylic acids is 4. The molecular weight excluding hydrogens is 438 g/mol. The minimum atomic E-state index is -0.797. The van der Waals surface area contributed by atoms with Crippen molar-refractivity contribution >= 4 is 41.0 Å². The number of methoxy groups -OCH3 is 1. The van der Waals surface area contributed by atoms with Gasteiger partial charge in [0.1, 0.15) is 5.75 Å². The van der Waals surface area contributed by atoms with Crippen molar-refractivity contribution in [1.82, 2.24) is 10.4 Å². The van der Waals surface area contributed by atoms with Crippen LogP contribution in [0.2, 0.25) is 5.02 Å².